The van der Waals surface area contributed by atoms with Gasteiger partial charge in [0.05, 0.1) is 12.2 Å². The summed E-state index contributed by atoms with van der Waals surface area (Å²) in [5.41, 5.74) is -2.14. The van der Waals surface area contributed by atoms with Crippen molar-refractivity contribution in [1.29, 1.82) is 0 Å². The van der Waals surface area contributed by atoms with E-state index in [1.165, 1.54) is 26.2 Å². The van der Waals surface area contributed by atoms with Crippen LogP contribution in [0.25, 0.3) is 0 Å². The van der Waals surface area contributed by atoms with E-state index in [0.717, 1.165) is 58.3 Å². The molecule has 6 bridgehead atoms. The molecule has 0 heterocycles. The average molecular weight is 1040 g/mol. The molecule has 7 saturated carbocycles. The molecule has 7 aliphatic rings. The van der Waals surface area contributed by atoms with E-state index < -0.39 is 47.7 Å². The fraction of sp³-hybridized carbons (Fsp3) is 0.717. The molecule has 410 valence electrons. The van der Waals surface area contributed by atoms with Gasteiger partial charge in [0.15, 0.2) is 12.2 Å². The zero-order chi connectivity index (χ0) is 55.2. The Morgan fingerprint density at radius 3 is 1.53 bits per heavy atom. The number of carbonyl (C=O) groups excluding carboxylic acids is 5. The molecule has 7 atom stereocenters. The Morgan fingerprint density at radius 2 is 1.12 bits per heavy atom. The molecule has 0 aromatic heterocycles. The Morgan fingerprint density at radius 1 is 0.639 bits per heavy atom. The normalized spacial score (nSPS) is 27.7. The molecule has 0 amide bonds. The van der Waals surface area contributed by atoms with Crippen molar-refractivity contribution < 1.29 is 88.9 Å². The van der Waals surface area contributed by atoms with E-state index in [-0.39, 0.29) is 59.4 Å². The number of esters is 5. The Balaban J connectivity index is 0.000000318. The van der Waals surface area contributed by atoms with Crippen LogP contribution in [0.3, 0.4) is 0 Å². The quantitative estimate of drug-likeness (QED) is 0.0520. The Hall–Kier alpha value is -4.49. The molecule has 2 N–H and O–H groups in total. The van der Waals surface area contributed by atoms with Crippen LogP contribution < -0.4 is 0 Å². The largest absolute Gasteiger partial charge is 0.460 e. The van der Waals surface area contributed by atoms with Crippen molar-refractivity contribution in [2.24, 2.45) is 29.6 Å². The van der Waals surface area contributed by atoms with Gasteiger partial charge in [-0.2, -0.15) is 26.3 Å². The first-order chi connectivity index (χ1) is 33.0. The summed E-state index contributed by atoms with van der Waals surface area (Å²) >= 11 is 0. The van der Waals surface area contributed by atoms with E-state index in [9.17, 15) is 60.5 Å². The summed E-state index contributed by atoms with van der Waals surface area (Å²) in [4.78, 5) is 55.6. The first-order valence-corrected chi connectivity index (χ1v) is 24.4. The van der Waals surface area contributed by atoms with Gasteiger partial charge in [0.1, 0.15) is 23.9 Å². The van der Waals surface area contributed by atoms with Crippen molar-refractivity contribution in [3.8, 4) is 0 Å². The maximum absolute atomic E-state index is 12.7. The smallest absolute Gasteiger partial charge is 0.422 e. The number of halogens is 6. The standard InChI is InChI=1S/C15H21F3O3.C14H20O3.C11H18O2.C7H12O3.C6H7F3O2/c1-8(2)13(19)21-12-6-9-4-10(12)5-11(9)7-14(3,20)15(16,17)18;1-9(2)12(15)17-14-6-10-3-11(7-14)5-13(16,4-10)8-14;1-4-11(7-5-6-8-11)13-10(12)9(2)3;1-6(2)7(8)10-5-4-9-3;1-4(2)5(10)11-3-6(7,8)9/h9-12,20H,1,4-7H2,2-3H3;10-11,16H,1,3-8H2,2H3;2,4-8H2,1,3H3;1,4-5H2,2-3H3;1,3H2,2H3. The second kappa shape index (κ2) is 26.6. The van der Waals surface area contributed by atoms with Gasteiger partial charge in [-0.3, -0.25) is 0 Å². The van der Waals surface area contributed by atoms with Crippen molar-refractivity contribution in [1.82, 2.24) is 0 Å². The predicted molar refractivity (Wildman–Crippen MR) is 255 cm³/mol. The average Bonchev–Trinajstić information content (AvgIpc) is 3.98. The zero-order valence-corrected chi connectivity index (χ0v) is 43.4. The topological polar surface area (TPSA) is 181 Å². The highest BCUT2D eigenvalue weighted by molar-refractivity contribution is 5.88. The van der Waals surface area contributed by atoms with Gasteiger partial charge in [-0.05, 0) is 161 Å². The summed E-state index contributed by atoms with van der Waals surface area (Å²) in [5.74, 6) is -1.24. The number of fused-ring (bicyclic) bond motifs is 2. The molecule has 7 aliphatic carbocycles. The van der Waals surface area contributed by atoms with Crippen LogP contribution in [0, 0.1) is 29.6 Å². The number of carbonyl (C=O) groups is 5. The van der Waals surface area contributed by atoms with Gasteiger partial charge in [0.25, 0.3) is 0 Å². The highest BCUT2D eigenvalue weighted by atomic mass is 19.4. The summed E-state index contributed by atoms with van der Waals surface area (Å²) in [5, 5.41) is 20.1. The molecule has 0 aromatic carbocycles. The molecule has 7 rings (SSSR count). The summed E-state index contributed by atoms with van der Waals surface area (Å²) in [6.45, 7) is 27.2. The van der Waals surface area contributed by atoms with Crippen molar-refractivity contribution >= 4 is 29.8 Å². The van der Waals surface area contributed by atoms with Crippen LogP contribution in [-0.4, -0.2) is 108 Å². The highest BCUT2D eigenvalue weighted by Gasteiger charge is 2.59. The maximum Gasteiger partial charge on any atom is 0.422 e. The minimum atomic E-state index is -4.61. The number of alkyl halides is 6. The van der Waals surface area contributed by atoms with Crippen LogP contribution in [0.5, 0.6) is 0 Å². The van der Waals surface area contributed by atoms with Gasteiger partial charge in [-0.25, -0.2) is 24.0 Å². The number of rotatable bonds is 15. The lowest BCUT2D eigenvalue weighted by molar-refractivity contribution is -0.259. The van der Waals surface area contributed by atoms with Gasteiger partial charge in [0.2, 0.25) is 0 Å². The molecule has 0 spiro atoms. The van der Waals surface area contributed by atoms with E-state index in [2.05, 4.69) is 54.0 Å². The molecular weight excluding hydrogens is 959 g/mol. The van der Waals surface area contributed by atoms with Crippen molar-refractivity contribution in [3.05, 3.63) is 60.8 Å². The lowest BCUT2D eigenvalue weighted by atomic mass is 9.52. The van der Waals surface area contributed by atoms with Gasteiger partial charge >= 0.3 is 42.2 Å². The summed E-state index contributed by atoms with van der Waals surface area (Å²) < 4.78 is 102. The molecule has 0 radical (unpaired) electrons. The van der Waals surface area contributed by atoms with Crippen molar-refractivity contribution in [2.75, 3.05) is 26.9 Å². The van der Waals surface area contributed by atoms with Crippen LogP contribution in [0.2, 0.25) is 0 Å². The molecule has 19 heteroatoms. The molecule has 72 heavy (non-hydrogen) atoms. The lowest BCUT2D eigenvalue weighted by Crippen LogP contribution is -2.60. The molecule has 0 aromatic rings. The van der Waals surface area contributed by atoms with Gasteiger partial charge in [-0.15, -0.1) is 0 Å². The van der Waals surface area contributed by atoms with E-state index in [1.54, 1.807) is 34.8 Å². The molecular formula is C53H78F6O13. The first kappa shape index (κ1) is 63.6. The minimum Gasteiger partial charge on any atom is -0.460 e. The molecule has 13 nitrogen and oxygen atoms in total. The number of aliphatic hydroxyl groups is 2. The Labute approximate surface area is 420 Å². The van der Waals surface area contributed by atoms with Crippen LogP contribution in [0.15, 0.2) is 60.8 Å². The molecule has 7 fully saturated rings. The van der Waals surface area contributed by atoms with Crippen LogP contribution >= 0.6 is 0 Å². The van der Waals surface area contributed by atoms with Crippen molar-refractivity contribution in [3.63, 3.8) is 0 Å². The van der Waals surface area contributed by atoms with Gasteiger partial charge in [-0.1, -0.05) is 39.8 Å². The monoisotopic (exact) mass is 1040 g/mol. The molecule has 7 unspecified atom stereocenters. The van der Waals surface area contributed by atoms with Gasteiger partial charge in [0, 0.05) is 41.4 Å². The molecule has 0 aliphatic heterocycles. The third kappa shape index (κ3) is 20.1. The maximum atomic E-state index is 12.7. The summed E-state index contributed by atoms with van der Waals surface area (Å²) in [6, 6.07) is 0. The fourth-order valence-corrected chi connectivity index (χ4v) is 10.6. The second-order valence-electron chi connectivity index (χ2n) is 21.0. The van der Waals surface area contributed by atoms with E-state index in [1.807, 2.05) is 0 Å². The summed E-state index contributed by atoms with van der Waals surface area (Å²) in [7, 11) is 1.55. The van der Waals surface area contributed by atoms with Crippen LogP contribution in [0.4, 0.5) is 26.3 Å². The fourth-order valence-electron chi connectivity index (χ4n) is 10.6. The molecule has 0 saturated heterocycles. The van der Waals surface area contributed by atoms with Gasteiger partial charge < -0.3 is 38.6 Å². The number of methoxy groups -OCH3 is 1. The zero-order valence-electron chi connectivity index (χ0n) is 43.4. The van der Waals surface area contributed by atoms with E-state index in [0.29, 0.717) is 66.6 Å². The second-order valence-corrected chi connectivity index (χ2v) is 21.0. The predicted octanol–water partition coefficient (Wildman–Crippen LogP) is 10.7. The van der Waals surface area contributed by atoms with Crippen LogP contribution in [-0.2, 0) is 52.4 Å². The van der Waals surface area contributed by atoms with E-state index in [4.69, 9.17) is 14.2 Å². The minimum absolute atomic E-state index is 0.0470. The third-order valence-electron chi connectivity index (χ3n) is 13.9. The van der Waals surface area contributed by atoms with E-state index >= 15 is 0 Å². The van der Waals surface area contributed by atoms with Crippen LogP contribution in [0.1, 0.15) is 145 Å². The summed E-state index contributed by atoms with van der Waals surface area (Å²) in [6.07, 6.45) is 3.17. The SMILES string of the molecule is C=C(C)C(=O)OC1(CC)CCCC1.C=C(C)C(=O)OC12CC3CC(CC(O)(C3)C1)C2.C=C(C)C(=O)OC1CC2CC1CC2CC(C)(O)C(F)(F)F.C=C(C)C(=O)OCC(F)(F)F.C=C(C)C(=O)OCCOC. The Bertz CT molecular complexity index is 1950. The lowest BCUT2D eigenvalue weighted by Gasteiger charge is -2.59. The third-order valence-corrected chi connectivity index (χ3v) is 13.9. The number of ether oxygens (including phenoxy) is 6. The number of hydrogen-bond donors (Lipinski definition) is 2. The first-order valence-electron chi connectivity index (χ1n) is 24.4. The number of hydrogen-bond acceptors (Lipinski definition) is 13. The van der Waals surface area contributed by atoms with Crippen molar-refractivity contribution in [2.45, 2.75) is 186 Å². The Kier molecular flexibility index (Phi) is 23.5. The highest BCUT2D eigenvalue weighted by Crippen LogP contribution is 2.59.